The van der Waals surface area contributed by atoms with Crippen LogP contribution in [-0.2, 0) is 4.79 Å². The Hall–Kier alpha value is -1.55. The topological polar surface area (TPSA) is 58.4 Å². The molecule has 0 aromatic heterocycles. The second-order valence-electron chi connectivity index (χ2n) is 6.70. The molecule has 0 bridgehead atoms. The monoisotopic (exact) mass is 287 g/mol. The Balaban J connectivity index is 1.55. The van der Waals surface area contributed by atoms with E-state index in [4.69, 9.17) is 5.73 Å². The first kappa shape index (κ1) is 14.4. The van der Waals surface area contributed by atoms with Gasteiger partial charge in [-0.1, -0.05) is 0 Å². The summed E-state index contributed by atoms with van der Waals surface area (Å²) in [6.45, 7) is 4.66. The fourth-order valence-electron chi connectivity index (χ4n) is 2.75. The molecule has 1 amide bonds. The summed E-state index contributed by atoms with van der Waals surface area (Å²) < 4.78 is 0. The van der Waals surface area contributed by atoms with Crippen molar-refractivity contribution in [2.24, 2.45) is 11.8 Å². The van der Waals surface area contributed by atoms with Crippen LogP contribution < -0.4 is 11.1 Å². The molecular formula is C17H25N3O. The molecule has 2 aliphatic carbocycles. The summed E-state index contributed by atoms with van der Waals surface area (Å²) in [5.74, 6) is 1.74. The van der Waals surface area contributed by atoms with Gasteiger partial charge in [0.05, 0.1) is 6.54 Å². The van der Waals surface area contributed by atoms with Gasteiger partial charge in [0.2, 0.25) is 5.91 Å². The van der Waals surface area contributed by atoms with Crippen LogP contribution in [0.3, 0.4) is 0 Å². The summed E-state index contributed by atoms with van der Waals surface area (Å²) in [6.07, 6.45) is 5.33. The number of anilines is 2. The molecule has 0 spiro atoms. The van der Waals surface area contributed by atoms with Crippen molar-refractivity contribution in [3.63, 3.8) is 0 Å². The Bertz CT molecular complexity index is 507. The van der Waals surface area contributed by atoms with Crippen molar-refractivity contribution in [1.82, 2.24) is 4.90 Å². The maximum atomic E-state index is 12.3. The van der Waals surface area contributed by atoms with Crippen LogP contribution in [0.25, 0.3) is 0 Å². The molecule has 2 aliphatic rings. The summed E-state index contributed by atoms with van der Waals surface area (Å²) in [6, 6.07) is 5.60. The van der Waals surface area contributed by atoms with Crippen LogP contribution in [0.15, 0.2) is 18.2 Å². The molecule has 0 saturated heterocycles. The summed E-state index contributed by atoms with van der Waals surface area (Å²) in [4.78, 5) is 14.6. The molecule has 2 saturated carbocycles. The van der Waals surface area contributed by atoms with Gasteiger partial charge in [-0.3, -0.25) is 9.69 Å². The SMILES string of the molecule is Cc1cc(N)ccc1NC(=O)CN(CC1CC1)CC1CC1. The van der Waals surface area contributed by atoms with E-state index in [1.807, 2.05) is 25.1 Å². The number of benzene rings is 1. The molecule has 0 radical (unpaired) electrons. The third kappa shape index (κ3) is 4.46. The van der Waals surface area contributed by atoms with Crippen LogP contribution in [0.5, 0.6) is 0 Å². The van der Waals surface area contributed by atoms with Gasteiger partial charge < -0.3 is 11.1 Å². The van der Waals surface area contributed by atoms with Crippen molar-refractivity contribution < 1.29 is 4.79 Å². The van der Waals surface area contributed by atoms with Crippen molar-refractivity contribution in [3.8, 4) is 0 Å². The number of hydrogen-bond acceptors (Lipinski definition) is 3. The van der Waals surface area contributed by atoms with Crippen LogP contribution >= 0.6 is 0 Å². The molecule has 0 heterocycles. The van der Waals surface area contributed by atoms with E-state index in [-0.39, 0.29) is 5.91 Å². The first-order valence-electron chi connectivity index (χ1n) is 7.98. The molecule has 1 aromatic rings. The van der Waals surface area contributed by atoms with Crippen LogP contribution in [0.4, 0.5) is 11.4 Å². The van der Waals surface area contributed by atoms with E-state index < -0.39 is 0 Å². The van der Waals surface area contributed by atoms with Gasteiger partial charge in [0.15, 0.2) is 0 Å². The van der Waals surface area contributed by atoms with Gasteiger partial charge in [0.1, 0.15) is 0 Å². The molecule has 114 valence electrons. The van der Waals surface area contributed by atoms with Gasteiger partial charge in [-0.05, 0) is 68.2 Å². The van der Waals surface area contributed by atoms with Crippen molar-refractivity contribution >= 4 is 17.3 Å². The fourth-order valence-corrected chi connectivity index (χ4v) is 2.75. The van der Waals surface area contributed by atoms with E-state index in [0.29, 0.717) is 6.54 Å². The third-order valence-electron chi connectivity index (χ3n) is 4.32. The molecule has 2 fully saturated rings. The minimum atomic E-state index is 0.0872. The Morgan fingerprint density at radius 3 is 2.38 bits per heavy atom. The number of nitrogens with zero attached hydrogens (tertiary/aromatic N) is 1. The van der Waals surface area contributed by atoms with Gasteiger partial charge >= 0.3 is 0 Å². The molecule has 4 nitrogen and oxygen atoms in total. The molecule has 0 unspecified atom stereocenters. The number of nitrogens with two attached hydrogens (primary N) is 1. The lowest BCUT2D eigenvalue weighted by Crippen LogP contribution is -2.36. The van der Waals surface area contributed by atoms with Crippen LogP contribution in [0.2, 0.25) is 0 Å². The van der Waals surface area contributed by atoms with Gasteiger partial charge in [0.25, 0.3) is 0 Å². The van der Waals surface area contributed by atoms with Crippen molar-refractivity contribution in [2.45, 2.75) is 32.6 Å². The van der Waals surface area contributed by atoms with Crippen molar-refractivity contribution in [3.05, 3.63) is 23.8 Å². The Kier molecular flexibility index (Phi) is 4.15. The van der Waals surface area contributed by atoms with E-state index >= 15 is 0 Å². The molecule has 1 aromatic carbocycles. The first-order chi connectivity index (χ1) is 10.1. The van der Waals surface area contributed by atoms with Crippen molar-refractivity contribution in [1.29, 1.82) is 0 Å². The standard InChI is InChI=1S/C17H25N3O/c1-12-8-15(18)6-7-16(12)19-17(21)11-20(9-13-2-3-13)10-14-4-5-14/h6-8,13-14H,2-5,9-11,18H2,1H3,(H,19,21). The molecule has 0 aliphatic heterocycles. The second-order valence-corrected chi connectivity index (χ2v) is 6.70. The zero-order valence-corrected chi connectivity index (χ0v) is 12.8. The van der Waals surface area contributed by atoms with Gasteiger partial charge in [0, 0.05) is 24.5 Å². The Morgan fingerprint density at radius 2 is 1.86 bits per heavy atom. The molecule has 4 heteroatoms. The van der Waals surface area contributed by atoms with Gasteiger partial charge in [-0.25, -0.2) is 0 Å². The highest BCUT2D eigenvalue weighted by molar-refractivity contribution is 5.93. The van der Waals surface area contributed by atoms with E-state index in [0.717, 1.165) is 41.9 Å². The number of hydrogen-bond donors (Lipinski definition) is 2. The number of rotatable bonds is 7. The molecule has 3 N–H and O–H groups in total. The molecule has 0 atom stereocenters. The van der Waals surface area contributed by atoms with E-state index in [9.17, 15) is 4.79 Å². The lowest BCUT2D eigenvalue weighted by atomic mass is 10.2. The number of amides is 1. The average molecular weight is 287 g/mol. The lowest BCUT2D eigenvalue weighted by Gasteiger charge is -2.21. The van der Waals surface area contributed by atoms with Crippen molar-refractivity contribution in [2.75, 3.05) is 30.7 Å². The number of carbonyl (C=O) groups excluding carboxylic acids is 1. The van der Waals surface area contributed by atoms with E-state index in [2.05, 4.69) is 10.2 Å². The molecular weight excluding hydrogens is 262 g/mol. The smallest absolute Gasteiger partial charge is 0.238 e. The zero-order chi connectivity index (χ0) is 14.8. The summed E-state index contributed by atoms with van der Waals surface area (Å²) in [5.41, 5.74) is 8.35. The highest BCUT2D eigenvalue weighted by atomic mass is 16.2. The first-order valence-corrected chi connectivity index (χ1v) is 7.98. The zero-order valence-electron chi connectivity index (χ0n) is 12.8. The largest absolute Gasteiger partial charge is 0.399 e. The lowest BCUT2D eigenvalue weighted by molar-refractivity contribution is -0.117. The number of nitrogens with one attached hydrogen (secondary N) is 1. The fraction of sp³-hybridized carbons (Fsp3) is 0.588. The summed E-state index contributed by atoms with van der Waals surface area (Å²) in [5, 5.41) is 3.02. The predicted octanol–water partition coefficient (Wildman–Crippen LogP) is 2.64. The van der Waals surface area contributed by atoms with Crippen LogP contribution in [0.1, 0.15) is 31.2 Å². The van der Waals surface area contributed by atoms with Gasteiger partial charge in [-0.2, -0.15) is 0 Å². The highest BCUT2D eigenvalue weighted by Gasteiger charge is 2.29. The highest BCUT2D eigenvalue weighted by Crippen LogP contribution is 2.33. The molecule has 21 heavy (non-hydrogen) atoms. The van der Waals surface area contributed by atoms with Crippen LogP contribution in [0, 0.1) is 18.8 Å². The third-order valence-corrected chi connectivity index (χ3v) is 4.32. The Morgan fingerprint density at radius 1 is 1.24 bits per heavy atom. The average Bonchev–Trinajstić information content (AvgIpc) is 3.29. The van der Waals surface area contributed by atoms with E-state index in [1.165, 1.54) is 25.7 Å². The second kappa shape index (κ2) is 6.06. The number of carbonyl (C=O) groups is 1. The maximum Gasteiger partial charge on any atom is 0.238 e. The maximum absolute atomic E-state index is 12.3. The normalized spacial score (nSPS) is 18.0. The summed E-state index contributed by atoms with van der Waals surface area (Å²) >= 11 is 0. The predicted molar refractivity (Wildman–Crippen MR) is 86.1 cm³/mol. The van der Waals surface area contributed by atoms with Crippen LogP contribution in [-0.4, -0.2) is 30.4 Å². The minimum Gasteiger partial charge on any atom is -0.399 e. The summed E-state index contributed by atoms with van der Waals surface area (Å²) in [7, 11) is 0. The minimum absolute atomic E-state index is 0.0872. The quantitative estimate of drug-likeness (QED) is 0.758. The number of nitrogen functional groups attached to an aromatic ring is 1. The van der Waals surface area contributed by atoms with E-state index in [1.54, 1.807) is 0 Å². The van der Waals surface area contributed by atoms with Gasteiger partial charge in [-0.15, -0.1) is 0 Å². The Labute approximate surface area is 126 Å². The molecule has 3 rings (SSSR count). The number of aryl methyl sites for hydroxylation is 1.